The summed E-state index contributed by atoms with van der Waals surface area (Å²) in [5, 5.41) is 17.9. The van der Waals surface area contributed by atoms with Crippen molar-refractivity contribution in [2.45, 2.75) is 13.8 Å². The van der Waals surface area contributed by atoms with Crippen molar-refractivity contribution in [1.82, 2.24) is 0 Å². The molecule has 1 rings (SSSR count). The van der Waals surface area contributed by atoms with Gasteiger partial charge in [0.2, 0.25) is 0 Å². The summed E-state index contributed by atoms with van der Waals surface area (Å²) < 4.78 is 0. The average Bonchev–Trinajstić information content (AvgIpc) is 2.36. The fraction of sp³-hybridized carbons (Fsp3) is 0.286. The molecule has 0 fully saturated rings. The Morgan fingerprint density at radius 3 is 2.25 bits per heavy atom. The molecule has 0 aliphatic carbocycles. The highest BCUT2D eigenvalue weighted by atomic mass is 14.4. The third-order valence-corrected chi connectivity index (χ3v) is 2.75. The third-order valence-electron chi connectivity index (χ3n) is 2.75. The number of rotatable bonds is 3. The molecule has 0 heterocycles. The van der Waals surface area contributed by atoms with Crippen LogP contribution in [0.4, 0.5) is 0 Å². The predicted octanol–water partition coefficient (Wildman–Crippen LogP) is 3.39. The van der Waals surface area contributed by atoms with Crippen LogP contribution in [0.1, 0.15) is 19.4 Å². The maximum Gasteiger partial charge on any atom is 0.147 e. The van der Waals surface area contributed by atoms with Gasteiger partial charge < -0.3 is 0 Å². The summed E-state index contributed by atoms with van der Waals surface area (Å²) in [7, 11) is 0. The molecule has 0 saturated carbocycles. The van der Waals surface area contributed by atoms with Gasteiger partial charge in [-0.1, -0.05) is 49.4 Å². The fourth-order valence-electron chi connectivity index (χ4n) is 1.24. The van der Waals surface area contributed by atoms with Crippen LogP contribution in [0.15, 0.2) is 36.4 Å². The van der Waals surface area contributed by atoms with Crippen molar-refractivity contribution in [2.24, 2.45) is 11.3 Å². The van der Waals surface area contributed by atoms with Gasteiger partial charge in [0, 0.05) is 5.92 Å². The molecule has 0 N–H and O–H groups in total. The van der Waals surface area contributed by atoms with Crippen LogP contribution in [0.2, 0.25) is 0 Å². The summed E-state index contributed by atoms with van der Waals surface area (Å²) in [4.78, 5) is 0. The molecular formula is C14H14N2. The minimum absolute atomic E-state index is 0.0947. The maximum atomic E-state index is 8.95. The zero-order chi connectivity index (χ0) is 12.0. The van der Waals surface area contributed by atoms with Crippen LogP contribution in [0, 0.1) is 34.0 Å². The van der Waals surface area contributed by atoms with Crippen LogP contribution in [0.5, 0.6) is 0 Å². The van der Waals surface area contributed by atoms with Gasteiger partial charge in [0.25, 0.3) is 0 Å². The van der Waals surface area contributed by atoms with E-state index in [2.05, 4.69) is 12.1 Å². The van der Waals surface area contributed by atoms with Crippen molar-refractivity contribution in [3.05, 3.63) is 42.0 Å². The second-order valence-electron chi connectivity index (χ2n) is 3.98. The highest BCUT2D eigenvalue weighted by molar-refractivity contribution is 5.49. The Bertz CT molecular complexity index is 432. The van der Waals surface area contributed by atoms with E-state index in [9.17, 15) is 0 Å². The molecule has 1 unspecified atom stereocenters. The predicted molar refractivity (Wildman–Crippen MR) is 64.0 cm³/mol. The van der Waals surface area contributed by atoms with Gasteiger partial charge in [0.1, 0.15) is 5.41 Å². The van der Waals surface area contributed by atoms with E-state index in [1.807, 2.05) is 49.4 Å². The van der Waals surface area contributed by atoms with E-state index in [4.69, 9.17) is 10.5 Å². The summed E-state index contributed by atoms with van der Waals surface area (Å²) in [6.07, 6.45) is 3.85. The van der Waals surface area contributed by atoms with E-state index in [0.717, 1.165) is 5.56 Å². The fourth-order valence-corrected chi connectivity index (χ4v) is 1.24. The van der Waals surface area contributed by atoms with Gasteiger partial charge in [0.15, 0.2) is 0 Å². The molecule has 1 atom stereocenters. The molecule has 0 aromatic heterocycles. The lowest BCUT2D eigenvalue weighted by molar-refractivity contribution is 0.451. The number of allylic oxidation sites excluding steroid dienone is 1. The van der Waals surface area contributed by atoms with Crippen molar-refractivity contribution in [3.8, 4) is 12.1 Å². The minimum Gasteiger partial charge on any atom is -0.197 e. The summed E-state index contributed by atoms with van der Waals surface area (Å²) in [6.45, 7) is 3.54. The second kappa shape index (κ2) is 5.14. The van der Waals surface area contributed by atoms with E-state index in [0.29, 0.717) is 0 Å². The molecule has 0 amide bonds. The monoisotopic (exact) mass is 210 g/mol. The number of benzene rings is 1. The quantitative estimate of drug-likeness (QED) is 0.767. The highest BCUT2D eigenvalue weighted by Crippen LogP contribution is 2.26. The lowest BCUT2D eigenvalue weighted by Gasteiger charge is -2.17. The van der Waals surface area contributed by atoms with Gasteiger partial charge in [-0.3, -0.25) is 0 Å². The Morgan fingerprint density at radius 1 is 1.19 bits per heavy atom. The van der Waals surface area contributed by atoms with Crippen molar-refractivity contribution in [3.63, 3.8) is 0 Å². The summed E-state index contributed by atoms with van der Waals surface area (Å²) >= 11 is 0. The highest BCUT2D eigenvalue weighted by Gasteiger charge is 2.29. The van der Waals surface area contributed by atoms with Crippen molar-refractivity contribution < 1.29 is 0 Å². The van der Waals surface area contributed by atoms with Gasteiger partial charge in [-0.25, -0.2) is 0 Å². The van der Waals surface area contributed by atoms with Crippen LogP contribution in [0.25, 0.3) is 6.08 Å². The molecule has 80 valence electrons. The molecule has 0 aliphatic rings. The molecule has 1 aromatic carbocycles. The number of nitrogens with zero attached hydrogens (tertiary/aromatic N) is 2. The lowest BCUT2D eigenvalue weighted by Crippen LogP contribution is -2.19. The maximum absolute atomic E-state index is 8.95. The van der Waals surface area contributed by atoms with E-state index in [1.54, 1.807) is 6.92 Å². The summed E-state index contributed by atoms with van der Waals surface area (Å²) in [5.74, 6) is -0.0947. The third kappa shape index (κ3) is 2.72. The first-order valence-corrected chi connectivity index (χ1v) is 5.18. The first-order chi connectivity index (χ1) is 7.62. The zero-order valence-electron chi connectivity index (χ0n) is 9.51. The van der Waals surface area contributed by atoms with Crippen molar-refractivity contribution in [1.29, 1.82) is 10.5 Å². The van der Waals surface area contributed by atoms with Gasteiger partial charge >= 0.3 is 0 Å². The second-order valence-corrected chi connectivity index (χ2v) is 3.98. The Kier molecular flexibility index (Phi) is 3.86. The van der Waals surface area contributed by atoms with Crippen LogP contribution < -0.4 is 0 Å². The summed E-state index contributed by atoms with van der Waals surface area (Å²) in [5.41, 5.74) is 0.123. The first kappa shape index (κ1) is 12.0. The molecule has 1 aromatic rings. The van der Waals surface area contributed by atoms with E-state index >= 15 is 0 Å². The molecule has 0 spiro atoms. The molecular weight excluding hydrogens is 196 g/mol. The Hall–Kier alpha value is -2.06. The number of hydrogen-bond acceptors (Lipinski definition) is 2. The molecule has 0 radical (unpaired) electrons. The molecule has 0 saturated heterocycles. The lowest BCUT2D eigenvalue weighted by atomic mass is 9.80. The molecule has 0 bridgehead atoms. The SMILES string of the molecule is CC(/C=C/c1ccccc1)C(C)(C#N)C#N. The van der Waals surface area contributed by atoms with Crippen molar-refractivity contribution >= 4 is 6.08 Å². The van der Waals surface area contributed by atoms with Gasteiger partial charge in [-0.2, -0.15) is 10.5 Å². The van der Waals surface area contributed by atoms with Gasteiger partial charge in [-0.15, -0.1) is 0 Å². The van der Waals surface area contributed by atoms with Crippen LogP contribution in [0.3, 0.4) is 0 Å². The molecule has 16 heavy (non-hydrogen) atoms. The van der Waals surface area contributed by atoms with Crippen LogP contribution in [-0.2, 0) is 0 Å². The first-order valence-electron chi connectivity index (χ1n) is 5.18. The Labute approximate surface area is 96.4 Å². The zero-order valence-corrected chi connectivity index (χ0v) is 9.51. The molecule has 2 nitrogen and oxygen atoms in total. The summed E-state index contributed by atoms with van der Waals surface area (Å²) in [6, 6.07) is 13.9. The van der Waals surface area contributed by atoms with Gasteiger partial charge in [-0.05, 0) is 12.5 Å². The Balaban J connectivity index is 2.81. The number of nitriles is 2. The van der Waals surface area contributed by atoms with Gasteiger partial charge in [0.05, 0.1) is 12.1 Å². The standard InChI is InChI=1S/C14H14N2/c1-12(14(2,10-15)11-16)8-9-13-6-4-3-5-7-13/h3-9,12H,1-2H3/b9-8+. The number of hydrogen-bond donors (Lipinski definition) is 0. The van der Waals surface area contributed by atoms with Crippen LogP contribution >= 0.6 is 0 Å². The van der Waals surface area contributed by atoms with Crippen molar-refractivity contribution in [2.75, 3.05) is 0 Å². The van der Waals surface area contributed by atoms with Crippen LogP contribution in [-0.4, -0.2) is 0 Å². The smallest absolute Gasteiger partial charge is 0.147 e. The minimum atomic E-state index is -0.953. The largest absolute Gasteiger partial charge is 0.197 e. The molecule has 0 aliphatic heterocycles. The van der Waals surface area contributed by atoms with E-state index in [1.165, 1.54) is 0 Å². The topological polar surface area (TPSA) is 47.6 Å². The van der Waals surface area contributed by atoms with E-state index < -0.39 is 5.41 Å². The molecule has 2 heteroatoms. The Morgan fingerprint density at radius 2 is 1.75 bits per heavy atom. The normalized spacial score (nSPS) is 13.0. The van der Waals surface area contributed by atoms with E-state index in [-0.39, 0.29) is 5.92 Å². The average molecular weight is 210 g/mol.